The van der Waals surface area contributed by atoms with E-state index in [0.717, 1.165) is 5.56 Å². The first-order valence-corrected chi connectivity index (χ1v) is 5.44. The van der Waals surface area contributed by atoms with E-state index in [9.17, 15) is 4.79 Å². The number of hydrogen-bond acceptors (Lipinski definition) is 3. The molecule has 0 unspecified atom stereocenters. The highest BCUT2D eigenvalue weighted by atomic mass is 16.1. The predicted molar refractivity (Wildman–Crippen MR) is 66.9 cm³/mol. The average Bonchev–Trinajstić information content (AvgIpc) is 2.79. The van der Waals surface area contributed by atoms with Gasteiger partial charge in [-0.3, -0.25) is 14.2 Å². The molecule has 88 valence electrons. The second kappa shape index (κ2) is 3.96. The molecule has 0 atom stereocenters. The van der Waals surface area contributed by atoms with E-state index in [4.69, 9.17) is 5.73 Å². The Morgan fingerprint density at radius 3 is 2.83 bits per heavy atom. The van der Waals surface area contributed by atoms with Gasteiger partial charge < -0.3 is 5.73 Å². The van der Waals surface area contributed by atoms with E-state index < -0.39 is 5.91 Å². The van der Waals surface area contributed by atoms with Crippen LogP contribution < -0.4 is 5.73 Å². The number of hydrogen-bond donors (Lipinski definition) is 1. The van der Waals surface area contributed by atoms with Gasteiger partial charge in [-0.1, -0.05) is 6.07 Å². The molecule has 1 amide bonds. The van der Waals surface area contributed by atoms with E-state index in [1.165, 1.54) is 0 Å². The van der Waals surface area contributed by atoms with Gasteiger partial charge in [-0.25, -0.2) is 4.98 Å². The van der Waals surface area contributed by atoms with Crippen LogP contribution in [0.2, 0.25) is 0 Å². The molecule has 0 bridgehead atoms. The molecule has 0 saturated carbocycles. The highest BCUT2D eigenvalue weighted by Gasteiger charge is 2.15. The van der Waals surface area contributed by atoms with Crippen LogP contribution in [-0.4, -0.2) is 20.3 Å². The Balaban J connectivity index is 2.34. The van der Waals surface area contributed by atoms with E-state index >= 15 is 0 Å². The monoisotopic (exact) mass is 238 g/mol. The molecule has 0 fully saturated rings. The van der Waals surface area contributed by atoms with Gasteiger partial charge in [0.05, 0.1) is 5.52 Å². The zero-order valence-corrected chi connectivity index (χ0v) is 9.45. The minimum atomic E-state index is -0.533. The highest BCUT2D eigenvalue weighted by molar-refractivity contribution is 5.98. The number of nitrogens with two attached hydrogens (primary N) is 1. The maximum Gasteiger partial charge on any atom is 0.269 e. The lowest BCUT2D eigenvalue weighted by atomic mass is 10.3. The number of fused-ring (bicyclic) bond motifs is 1. The maximum atomic E-state index is 11.4. The summed E-state index contributed by atoms with van der Waals surface area (Å²) in [7, 11) is 0. The van der Waals surface area contributed by atoms with Gasteiger partial charge >= 0.3 is 0 Å². The number of imidazole rings is 1. The molecule has 3 rings (SSSR count). The first-order chi connectivity index (χ1) is 8.77. The van der Waals surface area contributed by atoms with Crippen LogP contribution in [0.1, 0.15) is 10.5 Å². The third-order valence-electron chi connectivity index (χ3n) is 2.70. The number of carbonyl (C=O) groups excluding carboxylic acids is 1. The molecule has 0 radical (unpaired) electrons. The first-order valence-electron chi connectivity index (χ1n) is 5.44. The van der Waals surface area contributed by atoms with Crippen LogP contribution in [0.5, 0.6) is 0 Å². The fraction of sp³-hybridized carbons (Fsp3) is 0. The lowest BCUT2D eigenvalue weighted by Crippen LogP contribution is -2.11. The quantitative estimate of drug-likeness (QED) is 0.735. The Morgan fingerprint density at radius 1 is 1.22 bits per heavy atom. The lowest BCUT2D eigenvalue weighted by Gasteiger charge is -1.99. The SMILES string of the molecule is NC(=O)c1nc(-c2cccnc2)n2ccccc12. The fourth-order valence-electron chi connectivity index (χ4n) is 1.92. The standard InChI is InChI=1S/C13H10N4O/c14-12(18)11-10-5-1-2-7-17(10)13(16-11)9-4-3-6-15-8-9/h1-8H,(H2,14,18). The molecule has 5 nitrogen and oxygen atoms in total. The van der Waals surface area contributed by atoms with Crippen LogP contribution in [0, 0.1) is 0 Å². The van der Waals surface area contributed by atoms with Crippen LogP contribution in [0.15, 0.2) is 48.9 Å². The second-order valence-corrected chi connectivity index (χ2v) is 3.85. The molecule has 2 N–H and O–H groups in total. The van der Waals surface area contributed by atoms with Crippen LogP contribution in [0.3, 0.4) is 0 Å². The van der Waals surface area contributed by atoms with E-state index in [1.807, 2.05) is 40.9 Å². The minimum Gasteiger partial charge on any atom is -0.364 e. The van der Waals surface area contributed by atoms with Crippen molar-refractivity contribution in [2.24, 2.45) is 5.73 Å². The van der Waals surface area contributed by atoms with Gasteiger partial charge in [0.2, 0.25) is 0 Å². The number of primary amides is 1. The van der Waals surface area contributed by atoms with Crippen molar-refractivity contribution >= 4 is 11.4 Å². The topological polar surface area (TPSA) is 73.3 Å². The van der Waals surface area contributed by atoms with Crippen molar-refractivity contribution in [2.45, 2.75) is 0 Å². The van der Waals surface area contributed by atoms with Crippen LogP contribution >= 0.6 is 0 Å². The Morgan fingerprint density at radius 2 is 2.11 bits per heavy atom. The maximum absolute atomic E-state index is 11.4. The molecular formula is C13H10N4O. The van der Waals surface area contributed by atoms with Crippen molar-refractivity contribution in [1.82, 2.24) is 14.4 Å². The lowest BCUT2D eigenvalue weighted by molar-refractivity contribution is 0.0997. The molecule has 5 heteroatoms. The number of rotatable bonds is 2. The summed E-state index contributed by atoms with van der Waals surface area (Å²) >= 11 is 0. The summed E-state index contributed by atoms with van der Waals surface area (Å²) in [5.41, 5.74) is 7.15. The summed E-state index contributed by atoms with van der Waals surface area (Å²) in [5, 5.41) is 0. The molecule has 0 aliphatic carbocycles. The van der Waals surface area contributed by atoms with Crippen molar-refractivity contribution in [3.8, 4) is 11.4 Å². The van der Waals surface area contributed by atoms with Gasteiger partial charge in [0.15, 0.2) is 5.69 Å². The number of amides is 1. The van der Waals surface area contributed by atoms with Crippen molar-refractivity contribution in [2.75, 3.05) is 0 Å². The van der Waals surface area contributed by atoms with E-state index in [2.05, 4.69) is 9.97 Å². The molecular weight excluding hydrogens is 228 g/mol. The fourth-order valence-corrected chi connectivity index (χ4v) is 1.92. The molecule has 0 spiro atoms. The van der Waals surface area contributed by atoms with E-state index in [-0.39, 0.29) is 5.69 Å². The van der Waals surface area contributed by atoms with E-state index in [0.29, 0.717) is 11.3 Å². The smallest absolute Gasteiger partial charge is 0.269 e. The summed E-state index contributed by atoms with van der Waals surface area (Å²) in [4.78, 5) is 19.8. The summed E-state index contributed by atoms with van der Waals surface area (Å²) in [6.45, 7) is 0. The number of carbonyl (C=O) groups is 1. The Kier molecular flexibility index (Phi) is 2.30. The van der Waals surface area contributed by atoms with Gasteiger partial charge in [0.1, 0.15) is 5.82 Å². The van der Waals surface area contributed by atoms with Crippen LogP contribution in [-0.2, 0) is 0 Å². The van der Waals surface area contributed by atoms with Gasteiger partial charge in [-0.2, -0.15) is 0 Å². The molecule has 3 heterocycles. The summed E-state index contributed by atoms with van der Waals surface area (Å²) in [5.74, 6) is 0.126. The Labute approximate surface area is 103 Å². The van der Waals surface area contributed by atoms with E-state index in [1.54, 1.807) is 12.4 Å². The summed E-state index contributed by atoms with van der Waals surface area (Å²) in [6.07, 6.45) is 5.23. The van der Waals surface area contributed by atoms with Crippen molar-refractivity contribution < 1.29 is 4.79 Å². The normalized spacial score (nSPS) is 10.7. The highest BCUT2D eigenvalue weighted by Crippen LogP contribution is 2.21. The number of pyridine rings is 2. The van der Waals surface area contributed by atoms with Gasteiger partial charge in [-0.05, 0) is 24.3 Å². The Hall–Kier alpha value is -2.69. The van der Waals surface area contributed by atoms with Crippen LogP contribution in [0.25, 0.3) is 16.9 Å². The first kappa shape index (κ1) is 10.5. The average molecular weight is 238 g/mol. The molecule has 0 aromatic carbocycles. The van der Waals surface area contributed by atoms with Gasteiger partial charge in [0, 0.05) is 24.2 Å². The van der Waals surface area contributed by atoms with Gasteiger partial charge in [-0.15, -0.1) is 0 Å². The molecule has 3 aromatic heterocycles. The molecule has 0 saturated heterocycles. The molecule has 0 aliphatic heterocycles. The summed E-state index contributed by atoms with van der Waals surface area (Å²) in [6, 6.07) is 9.24. The zero-order chi connectivity index (χ0) is 12.5. The molecule has 18 heavy (non-hydrogen) atoms. The third kappa shape index (κ3) is 1.53. The largest absolute Gasteiger partial charge is 0.364 e. The summed E-state index contributed by atoms with van der Waals surface area (Å²) < 4.78 is 1.83. The zero-order valence-electron chi connectivity index (χ0n) is 9.45. The molecule has 0 aliphatic rings. The third-order valence-corrected chi connectivity index (χ3v) is 2.70. The van der Waals surface area contributed by atoms with Crippen molar-refractivity contribution in [3.05, 3.63) is 54.6 Å². The molecule has 3 aromatic rings. The second-order valence-electron chi connectivity index (χ2n) is 3.85. The van der Waals surface area contributed by atoms with Crippen LogP contribution in [0.4, 0.5) is 0 Å². The predicted octanol–water partition coefficient (Wildman–Crippen LogP) is 1.50. The Bertz CT molecular complexity index is 718. The van der Waals surface area contributed by atoms with Crippen molar-refractivity contribution in [3.63, 3.8) is 0 Å². The van der Waals surface area contributed by atoms with Crippen molar-refractivity contribution in [1.29, 1.82) is 0 Å². The number of nitrogens with zero attached hydrogens (tertiary/aromatic N) is 3. The van der Waals surface area contributed by atoms with Gasteiger partial charge in [0.25, 0.3) is 5.91 Å². The number of aromatic nitrogens is 3. The minimum absolute atomic E-state index is 0.273.